The number of rotatable bonds is 35. The largest absolute Gasteiger partial charge is 0.481 e. The molecule has 0 aliphatic rings. The van der Waals surface area contributed by atoms with Gasteiger partial charge in [-0.25, -0.2) is 0 Å². The third kappa shape index (κ3) is 36.5. The Morgan fingerprint density at radius 1 is 0.511 bits per heavy atom. The van der Waals surface area contributed by atoms with Gasteiger partial charge in [-0.1, -0.05) is 179 Å². The monoisotopic (exact) mass is 631 g/mol. The zero-order chi connectivity index (χ0) is 32.9. The molecule has 0 aromatic heterocycles. The highest BCUT2D eigenvalue weighted by Crippen LogP contribution is 2.16. The Bertz CT molecular complexity index is 723. The molecule has 0 aromatic rings. The fourth-order valence-electron chi connectivity index (χ4n) is 5.76. The maximum atomic E-state index is 12.6. The van der Waals surface area contributed by atoms with E-state index in [1.807, 2.05) is 0 Å². The molecule has 4 heteroatoms. The lowest BCUT2D eigenvalue weighted by Crippen LogP contribution is -2.16. The zero-order valence-electron chi connectivity index (χ0n) is 29.9. The first kappa shape index (κ1) is 43.2. The number of esters is 1. The van der Waals surface area contributed by atoms with Crippen molar-refractivity contribution in [2.24, 2.45) is 0 Å². The van der Waals surface area contributed by atoms with Gasteiger partial charge in [0.15, 0.2) is 0 Å². The topological polar surface area (TPSA) is 63.6 Å². The minimum atomic E-state index is -0.705. The summed E-state index contributed by atoms with van der Waals surface area (Å²) >= 11 is 0. The lowest BCUT2D eigenvalue weighted by Gasteiger charge is -2.14. The van der Waals surface area contributed by atoms with Crippen LogP contribution in [-0.4, -0.2) is 23.1 Å². The van der Waals surface area contributed by atoms with Crippen LogP contribution in [0.5, 0.6) is 0 Å². The van der Waals surface area contributed by atoms with Crippen molar-refractivity contribution in [3.63, 3.8) is 0 Å². The second-order valence-corrected chi connectivity index (χ2v) is 13.1. The molecule has 262 valence electrons. The first-order valence-electron chi connectivity index (χ1n) is 19.5. The maximum Gasteiger partial charge on any atom is 0.306 e. The summed E-state index contributed by atoms with van der Waals surface area (Å²) in [4.78, 5) is 23.2. The number of carbonyl (C=O) groups excluding carboxylic acids is 1. The van der Waals surface area contributed by atoms with Crippen LogP contribution < -0.4 is 0 Å². The summed E-state index contributed by atoms with van der Waals surface area (Å²) in [6.07, 6.45) is 47.6. The summed E-state index contributed by atoms with van der Waals surface area (Å²) in [7, 11) is 0. The molecule has 0 heterocycles. The van der Waals surface area contributed by atoms with Gasteiger partial charge in [-0.15, -0.1) is 0 Å². The molecule has 1 N–H and O–H groups in total. The SMILES string of the molecule is CC/C=C\C/C=C\C/C=C\C(CCCCCCCCC(=O)O)OC(=O)CCCCCCCCCCCCCCCCCCCC. The molecule has 0 saturated heterocycles. The van der Waals surface area contributed by atoms with E-state index in [0.717, 1.165) is 77.0 Å². The zero-order valence-corrected chi connectivity index (χ0v) is 29.9. The third-order valence-electron chi connectivity index (χ3n) is 8.61. The van der Waals surface area contributed by atoms with Crippen molar-refractivity contribution in [1.29, 1.82) is 0 Å². The number of carboxylic acid groups (broad SMARTS) is 1. The summed E-state index contributed by atoms with van der Waals surface area (Å²) in [6, 6.07) is 0. The highest BCUT2D eigenvalue weighted by Gasteiger charge is 2.11. The molecule has 0 spiro atoms. The van der Waals surface area contributed by atoms with E-state index >= 15 is 0 Å². The molecule has 0 bridgehead atoms. The lowest BCUT2D eigenvalue weighted by molar-refractivity contribution is -0.147. The molecular weight excluding hydrogens is 556 g/mol. The van der Waals surface area contributed by atoms with E-state index < -0.39 is 5.97 Å². The van der Waals surface area contributed by atoms with E-state index in [1.165, 1.54) is 103 Å². The van der Waals surface area contributed by atoms with Crippen LogP contribution >= 0.6 is 0 Å². The Morgan fingerprint density at radius 3 is 1.38 bits per heavy atom. The molecular formula is C41H74O4. The minimum Gasteiger partial charge on any atom is -0.481 e. The number of hydrogen-bond donors (Lipinski definition) is 1. The summed E-state index contributed by atoms with van der Waals surface area (Å²) in [5, 5.41) is 8.76. The molecule has 4 nitrogen and oxygen atoms in total. The Labute approximate surface area is 279 Å². The smallest absolute Gasteiger partial charge is 0.306 e. The van der Waals surface area contributed by atoms with Gasteiger partial charge >= 0.3 is 11.9 Å². The van der Waals surface area contributed by atoms with E-state index in [-0.39, 0.29) is 18.5 Å². The van der Waals surface area contributed by atoms with Gasteiger partial charge in [-0.05, 0) is 51.0 Å². The normalized spacial score (nSPS) is 12.6. The highest BCUT2D eigenvalue weighted by atomic mass is 16.5. The lowest BCUT2D eigenvalue weighted by atomic mass is 10.0. The number of aliphatic carboxylic acids is 1. The number of unbranched alkanes of at least 4 members (excludes halogenated alkanes) is 22. The Hall–Kier alpha value is -1.84. The third-order valence-corrected chi connectivity index (χ3v) is 8.61. The van der Waals surface area contributed by atoms with Gasteiger partial charge in [-0.3, -0.25) is 9.59 Å². The van der Waals surface area contributed by atoms with Gasteiger partial charge in [0.2, 0.25) is 0 Å². The van der Waals surface area contributed by atoms with Crippen LogP contribution in [0.4, 0.5) is 0 Å². The molecule has 0 amide bonds. The average Bonchev–Trinajstić information content (AvgIpc) is 3.02. The quantitative estimate of drug-likeness (QED) is 0.0430. The van der Waals surface area contributed by atoms with Crippen molar-refractivity contribution < 1.29 is 19.4 Å². The van der Waals surface area contributed by atoms with E-state index in [4.69, 9.17) is 9.84 Å². The second-order valence-electron chi connectivity index (χ2n) is 13.1. The Balaban J connectivity index is 3.97. The van der Waals surface area contributed by atoms with Crippen LogP contribution in [0.1, 0.15) is 206 Å². The van der Waals surface area contributed by atoms with Gasteiger partial charge in [0.05, 0.1) is 0 Å². The van der Waals surface area contributed by atoms with Crippen molar-refractivity contribution in [3.8, 4) is 0 Å². The van der Waals surface area contributed by atoms with Crippen LogP contribution in [0, 0.1) is 0 Å². The van der Waals surface area contributed by atoms with Crippen LogP contribution in [0.3, 0.4) is 0 Å². The fraction of sp³-hybridized carbons (Fsp3) is 0.805. The van der Waals surface area contributed by atoms with Gasteiger partial charge in [0.25, 0.3) is 0 Å². The number of carbonyl (C=O) groups is 2. The van der Waals surface area contributed by atoms with Crippen molar-refractivity contribution in [2.45, 2.75) is 213 Å². The Kier molecular flexibility index (Phi) is 35.1. The number of ether oxygens (including phenoxy) is 1. The summed E-state index contributed by atoms with van der Waals surface area (Å²) in [5.41, 5.74) is 0. The predicted octanol–water partition coefficient (Wildman–Crippen LogP) is 13.4. The van der Waals surface area contributed by atoms with Gasteiger partial charge < -0.3 is 9.84 Å². The Morgan fingerprint density at radius 2 is 0.911 bits per heavy atom. The summed E-state index contributed by atoms with van der Waals surface area (Å²) in [6.45, 7) is 4.43. The minimum absolute atomic E-state index is 0.0601. The number of allylic oxidation sites excluding steroid dienone is 5. The molecule has 0 aromatic carbocycles. The molecule has 0 saturated carbocycles. The van der Waals surface area contributed by atoms with Crippen molar-refractivity contribution in [2.75, 3.05) is 0 Å². The van der Waals surface area contributed by atoms with Crippen LogP contribution in [-0.2, 0) is 14.3 Å². The molecule has 0 rings (SSSR count). The van der Waals surface area contributed by atoms with Crippen molar-refractivity contribution in [3.05, 3.63) is 36.5 Å². The fourth-order valence-corrected chi connectivity index (χ4v) is 5.76. The number of carboxylic acids is 1. The molecule has 45 heavy (non-hydrogen) atoms. The highest BCUT2D eigenvalue weighted by molar-refractivity contribution is 5.69. The predicted molar refractivity (Wildman–Crippen MR) is 195 cm³/mol. The summed E-state index contributed by atoms with van der Waals surface area (Å²) < 4.78 is 5.89. The van der Waals surface area contributed by atoms with E-state index in [0.29, 0.717) is 6.42 Å². The first-order chi connectivity index (χ1) is 22.1. The molecule has 0 aliphatic heterocycles. The van der Waals surface area contributed by atoms with Crippen molar-refractivity contribution >= 4 is 11.9 Å². The van der Waals surface area contributed by atoms with E-state index in [1.54, 1.807) is 0 Å². The number of hydrogen-bond acceptors (Lipinski definition) is 3. The van der Waals surface area contributed by atoms with Crippen LogP contribution in [0.2, 0.25) is 0 Å². The van der Waals surface area contributed by atoms with E-state index in [2.05, 4.69) is 50.3 Å². The molecule has 1 unspecified atom stereocenters. The van der Waals surface area contributed by atoms with E-state index in [9.17, 15) is 9.59 Å². The second kappa shape index (κ2) is 36.6. The van der Waals surface area contributed by atoms with Crippen LogP contribution in [0.25, 0.3) is 0 Å². The molecule has 0 aliphatic carbocycles. The van der Waals surface area contributed by atoms with Gasteiger partial charge in [-0.2, -0.15) is 0 Å². The summed E-state index contributed by atoms with van der Waals surface area (Å²) in [5.74, 6) is -0.765. The first-order valence-corrected chi connectivity index (χ1v) is 19.5. The van der Waals surface area contributed by atoms with Gasteiger partial charge in [0.1, 0.15) is 6.10 Å². The maximum absolute atomic E-state index is 12.6. The van der Waals surface area contributed by atoms with Crippen molar-refractivity contribution in [1.82, 2.24) is 0 Å². The standard InChI is InChI=1S/C41H74O4/c1-3-5-7-9-11-13-14-15-16-17-18-19-20-21-22-24-30-34-38-41(44)45-39(35-31-27-23-12-10-8-6-4-2)36-32-28-25-26-29-33-37-40(42)43/h6,8,12,23,31,35,39H,3-5,7,9-11,13-22,24-30,32-34,36-38H2,1-2H3,(H,42,43)/b8-6-,23-12-,35-31-. The molecule has 0 fully saturated rings. The average molecular weight is 631 g/mol. The molecule has 0 radical (unpaired) electrons. The molecule has 1 atom stereocenters. The van der Waals surface area contributed by atoms with Gasteiger partial charge in [0, 0.05) is 12.8 Å². The van der Waals surface area contributed by atoms with Crippen LogP contribution in [0.15, 0.2) is 36.5 Å².